The Morgan fingerprint density at radius 3 is 2.90 bits per heavy atom. The molecule has 2 rings (SSSR count). The third kappa shape index (κ3) is 3.42. The molecule has 0 aliphatic carbocycles. The van der Waals surface area contributed by atoms with Crippen molar-refractivity contribution in [3.05, 3.63) is 46.2 Å². The van der Waals surface area contributed by atoms with E-state index in [-0.39, 0.29) is 5.82 Å². The second-order valence-corrected chi connectivity index (χ2v) is 5.67. The summed E-state index contributed by atoms with van der Waals surface area (Å²) in [5, 5.41) is 0.791. The SMILES string of the molecule is CCCc1nc(N(C)Cc2cccc(F)c2)sc1C=O. The van der Waals surface area contributed by atoms with Gasteiger partial charge in [0.15, 0.2) is 11.4 Å². The van der Waals surface area contributed by atoms with E-state index < -0.39 is 0 Å². The molecule has 1 heterocycles. The fraction of sp³-hybridized carbons (Fsp3) is 0.333. The number of benzene rings is 1. The summed E-state index contributed by atoms with van der Waals surface area (Å²) in [6.07, 6.45) is 2.62. The van der Waals surface area contributed by atoms with E-state index in [1.165, 1.54) is 23.5 Å². The van der Waals surface area contributed by atoms with Gasteiger partial charge in [0, 0.05) is 13.6 Å². The first-order chi connectivity index (χ1) is 9.63. The topological polar surface area (TPSA) is 33.2 Å². The van der Waals surface area contributed by atoms with Gasteiger partial charge in [0.25, 0.3) is 0 Å². The lowest BCUT2D eigenvalue weighted by atomic mass is 10.2. The number of aryl methyl sites for hydroxylation is 1. The molecule has 0 bridgehead atoms. The molecule has 0 fully saturated rings. The van der Waals surface area contributed by atoms with Gasteiger partial charge >= 0.3 is 0 Å². The van der Waals surface area contributed by atoms with Crippen molar-refractivity contribution >= 4 is 22.8 Å². The van der Waals surface area contributed by atoms with E-state index in [1.807, 2.05) is 18.0 Å². The maximum atomic E-state index is 13.2. The number of rotatable bonds is 6. The number of nitrogens with zero attached hydrogens (tertiary/aromatic N) is 2. The largest absolute Gasteiger partial charge is 0.347 e. The maximum Gasteiger partial charge on any atom is 0.186 e. The number of aldehydes is 1. The average molecular weight is 292 g/mol. The van der Waals surface area contributed by atoms with E-state index in [2.05, 4.69) is 11.9 Å². The standard InChI is InChI=1S/C15H17FN2OS/c1-3-5-13-14(10-19)20-15(17-13)18(2)9-11-6-4-7-12(16)8-11/h4,6-8,10H,3,5,9H2,1-2H3. The fourth-order valence-corrected chi connectivity index (χ4v) is 2.89. The Hall–Kier alpha value is -1.75. The van der Waals surface area contributed by atoms with E-state index in [0.29, 0.717) is 11.4 Å². The van der Waals surface area contributed by atoms with Crippen LogP contribution in [0.5, 0.6) is 0 Å². The maximum absolute atomic E-state index is 13.2. The summed E-state index contributed by atoms with van der Waals surface area (Å²) in [5.41, 5.74) is 1.74. The molecule has 2 aromatic rings. The van der Waals surface area contributed by atoms with Crippen LogP contribution in [0.4, 0.5) is 9.52 Å². The van der Waals surface area contributed by atoms with Crippen molar-refractivity contribution in [1.29, 1.82) is 0 Å². The second-order valence-electron chi connectivity index (χ2n) is 4.66. The lowest BCUT2D eigenvalue weighted by Gasteiger charge is -2.15. The molecule has 0 saturated heterocycles. The fourth-order valence-electron chi connectivity index (χ4n) is 2.00. The van der Waals surface area contributed by atoms with Crippen molar-refractivity contribution in [2.24, 2.45) is 0 Å². The third-order valence-corrected chi connectivity index (χ3v) is 4.08. The number of halogens is 1. The van der Waals surface area contributed by atoms with Crippen molar-refractivity contribution in [1.82, 2.24) is 4.98 Å². The van der Waals surface area contributed by atoms with Crippen molar-refractivity contribution in [2.75, 3.05) is 11.9 Å². The summed E-state index contributed by atoms with van der Waals surface area (Å²) in [7, 11) is 1.90. The highest BCUT2D eigenvalue weighted by molar-refractivity contribution is 7.17. The smallest absolute Gasteiger partial charge is 0.186 e. The Morgan fingerprint density at radius 2 is 2.25 bits per heavy atom. The van der Waals surface area contributed by atoms with Gasteiger partial charge in [0.1, 0.15) is 5.82 Å². The molecule has 0 saturated carbocycles. The number of hydrogen-bond donors (Lipinski definition) is 0. The van der Waals surface area contributed by atoms with E-state index in [9.17, 15) is 9.18 Å². The molecule has 1 aromatic carbocycles. The van der Waals surface area contributed by atoms with Crippen LogP contribution in [0.1, 0.15) is 34.3 Å². The molecule has 0 aliphatic rings. The Bertz CT molecular complexity index is 597. The summed E-state index contributed by atoms with van der Waals surface area (Å²) in [5.74, 6) is -0.240. The highest BCUT2D eigenvalue weighted by atomic mass is 32.1. The van der Waals surface area contributed by atoms with Gasteiger partial charge in [-0.15, -0.1) is 0 Å². The van der Waals surface area contributed by atoms with Gasteiger partial charge in [0.2, 0.25) is 0 Å². The van der Waals surface area contributed by atoms with Gasteiger partial charge < -0.3 is 4.90 Å². The number of carbonyl (C=O) groups is 1. The van der Waals surface area contributed by atoms with E-state index in [1.54, 1.807) is 6.07 Å². The molecule has 0 spiro atoms. The van der Waals surface area contributed by atoms with E-state index >= 15 is 0 Å². The molecule has 5 heteroatoms. The molecular weight excluding hydrogens is 275 g/mol. The highest BCUT2D eigenvalue weighted by Gasteiger charge is 2.13. The highest BCUT2D eigenvalue weighted by Crippen LogP contribution is 2.26. The Morgan fingerprint density at radius 1 is 1.45 bits per heavy atom. The number of aromatic nitrogens is 1. The molecule has 0 atom stereocenters. The molecule has 0 N–H and O–H groups in total. The van der Waals surface area contributed by atoms with Crippen LogP contribution >= 0.6 is 11.3 Å². The quantitative estimate of drug-likeness (QED) is 0.761. The Labute approximate surface area is 122 Å². The van der Waals surface area contributed by atoms with Gasteiger partial charge in [-0.25, -0.2) is 9.37 Å². The minimum absolute atomic E-state index is 0.240. The first-order valence-electron chi connectivity index (χ1n) is 6.54. The van der Waals surface area contributed by atoms with Gasteiger partial charge in [-0.1, -0.05) is 36.8 Å². The van der Waals surface area contributed by atoms with Gasteiger partial charge in [-0.05, 0) is 24.1 Å². The van der Waals surface area contributed by atoms with Crippen LogP contribution in [-0.2, 0) is 13.0 Å². The van der Waals surface area contributed by atoms with Crippen LogP contribution in [-0.4, -0.2) is 18.3 Å². The zero-order chi connectivity index (χ0) is 14.5. The average Bonchev–Trinajstić information content (AvgIpc) is 2.82. The number of anilines is 1. The predicted molar refractivity (Wildman–Crippen MR) is 80.0 cm³/mol. The van der Waals surface area contributed by atoms with Gasteiger partial charge in [0.05, 0.1) is 10.6 Å². The van der Waals surface area contributed by atoms with Crippen molar-refractivity contribution in [3.63, 3.8) is 0 Å². The minimum atomic E-state index is -0.240. The molecule has 0 radical (unpaired) electrons. The summed E-state index contributed by atoms with van der Waals surface area (Å²) in [4.78, 5) is 18.2. The van der Waals surface area contributed by atoms with Crippen LogP contribution < -0.4 is 4.90 Å². The molecule has 1 aromatic heterocycles. The predicted octanol–water partition coefficient (Wildman–Crippen LogP) is 3.68. The van der Waals surface area contributed by atoms with Crippen LogP contribution in [0.3, 0.4) is 0 Å². The molecule has 20 heavy (non-hydrogen) atoms. The van der Waals surface area contributed by atoms with E-state index in [0.717, 1.165) is 35.5 Å². The van der Waals surface area contributed by atoms with Crippen LogP contribution in [0, 0.1) is 5.82 Å². The molecule has 3 nitrogen and oxygen atoms in total. The number of carbonyl (C=O) groups excluding carboxylic acids is 1. The summed E-state index contributed by atoms with van der Waals surface area (Å²) in [6.45, 7) is 2.62. The molecular formula is C15H17FN2OS. The summed E-state index contributed by atoms with van der Waals surface area (Å²) in [6, 6.07) is 6.51. The number of hydrogen-bond acceptors (Lipinski definition) is 4. The molecule has 106 valence electrons. The Kier molecular flexibility index (Phi) is 4.84. The third-order valence-electron chi connectivity index (χ3n) is 2.95. The molecule has 0 aliphatic heterocycles. The zero-order valence-electron chi connectivity index (χ0n) is 11.6. The normalized spacial score (nSPS) is 10.6. The lowest BCUT2D eigenvalue weighted by Crippen LogP contribution is -2.16. The first kappa shape index (κ1) is 14.7. The second kappa shape index (κ2) is 6.61. The van der Waals surface area contributed by atoms with Gasteiger partial charge in [-0.3, -0.25) is 4.79 Å². The zero-order valence-corrected chi connectivity index (χ0v) is 12.4. The van der Waals surface area contributed by atoms with Gasteiger partial charge in [-0.2, -0.15) is 0 Å². The van der Waals surface area contributed by atoms with Crippen molar-refractivity contribution in [2.45, 2.75) is 26.3 Å². The summed E-state index contributed by atoms with van der Waals surface area (Å²) < 4.78 is 13.2. The first-order valence-corrected chi connectivity index (χ1v) is 7.36. The van der Waals surface area contributed by atoms with Crippen molar-refractivity contribution < 1.29 is 9.18 Å². The van der Waals surface area contributed by atoms with E-state index in [4.69, 9.17) is 0 Å². The lowest BCUT2D eigenvalue weighted by molar-refractivity contribution is 0.112. The summed E-state index contributed by atoms with van der Waals surface area (Å²) >= 11 is 1.38. The van der Waals surface area contributed by atoms with Crippen molar-refractivity contribution in [3.8, 4) is 0 Å². The number of thiazole rings is 1. The van der Waals surface area contributed by atoms with Crippen LogP contribution in [0.25, 0.3) is 0 Å². The van der Waals surface area contributed by atoms with Crippen LogP contribution in [0.2, 0.25) is 0 Å². The minimum Gasteiger partial charge on any atom is -0.347 e. The monoisotopic (exact) mass is 292 g/mol. The Balaban J connectivity index is 2.16. The van der Waals surface area contributed by atoms with Crippen LogP contribution in [0.15, 0.2) is 24.3 Å². The molecule has 0 amide bonds. The molecule has 0 unspecified atom stereocenters.